The molecule has 0 bridgehead atoms. The molecule has 3 rings (SSSR count). The molecule has 0 aliphatic carbocycles. The zero-order valence-electron chi connectivity index (χ0n) is 17.0. The molecule has 29 heavy (non-hydrogen) atoms. The van der Waals surface area contributed by atoms with Crippen molar-refractivity contribution in [1.82, 2.24) is 15.1 Å². The van der Waals surface area contributed by atoms with E-state index in [1.807, 2.05) is 4.90 Å². The number of rotatable bonds is 5. The predicted molar refractivity (Wildman–Crippen MR) is 120 cm³/mol. The largest absolute Gasteiger partial charge is 0.375 e. The Morgan fingerprint density at radius 1 is 1.28 bits per heavy atom. The minimum absolute atomic E-state index is 0. The summed E-state index contributed by atoms with van der Waals surface area (Å²) in [5.74, 6) is 0.613. The van der Waals surface area contributed by atoms with Crippen molar-refractivity contribution in [3.63, 3.8) is 0 Å². The molecule has 1 amide bonds. The van der Waals surface area contributed by atoms with Gasteiger partial charge in [-0.2, -0.15) is 0 Å². The molecule has 1 N–H and O–H groups in total. The van der Waals surface area contributed by atoms with Crippen LogP contribution in [-0.4, -0.2) is 81.3 Å². The number of amides is 1. The third kappa shape index (κ3) is 6.26. The average molecular weight is 520 g/mol. The van der Waals surface area contributed by atoms with Crippen molar-refractivity contribution in [1.29, 1.82) is 0 Å². The van der Waals surface area contributed by atoms with Crippen LogP contribution in [0.3, 0.4) is 0 Å². The van der Waals surface area contributed by atoms with Gasteiger partial charge in [0.25, 0.3) is 5.91 Å². The summed E-state index contributed by atoms with van der Waals surface area (Å²) in [4.78, 5) is 20.9. The quantitative estimate of drug-likeness (QED) is 0.366. The third-order valence-electron chi connectivity index (χ3n) is 5.28. The predicted octanol–water partition coefficient (Wildman–Crippen LogP) is 2.03. The van der Waals surface area contributed by atoms with Gasteiger partial charge >= 0.3 is 0 Å². The highest BCUT2D eigenvalue weighted by molar-refractivity contribution is 14.0. The van der Waals surface area contributed by atoms with Crippen molar-refractivity contribution in [2.45, 2.75) is 25.0 Å². The summed E-state index contributed by atoms with van der Waals surface area (Å²) in [6.07, 6.45) is 1.31. The molecule has 2 heterocycles. The van der Waals surface area contributed by atoms with E-state index >= 15 is 0 Å². The Balaban J connectivity index is 0.00000300. The fourth-order valence-corrected chi connectivity index (χ4v) is 3.65. The first kappa shape index (κ1) is 23.8. The molecule has 1 aromatic carbocycles. The van der Waals surface area contributed by atoms with E-state index in [9.17, 15) is 9.18 Å². The lowest BCUT2D eigenvalue weighted by Gasteiger charge is -2.37. The highest BCUT2D eigenvalue weighted by atomic mass is 127. The van der Waals surface area contributed by atoms with Gasteiger partial charge in [-0.15, -0.1) is 24.0 Å². The maximum Gasteiger partial charge on any atom is 0.251 e. The molecule has 2 aliphatic heterocycles. The molecule has 9 heteroatoms. The molecule has 2 unspecified atom stereocenters. The maximum absolute atomic E-state index is 13.1. The Morgan fingerprint density at radius 3 is 2.48 bits per heavy atom. The number of halogens is 2. The average Bonchev–Trinajstić information content (AvgIpc) is 3.27. The van der Waals surface area contributed by atoms with Crippen molar-refractivity contribution in [3.8, 4) is 0 Å². The summed E-state index contributed by atoms with van der Waals surface area (Å²) in [7, 11) is 3.37. The van der Waals surface area contributed by atoms with Gasteiger partial charge in [-0.1, -0.05) is 12.1 Å². The first-order chi connectivity index (χ1) is 13.6. The Kier molecular flexibility index (Phi) is 9.57. The molecule has 2 saturated heterocycles. The van der Waals surface area contributed by atoms with Crippen molar-refractivity contribution in [3.05, 3.63) is 35.6 Å². The molecular formula is C20H30FIN4O3. The topological polar surface area (TPSA) is 66.4 Å². The van der Waals surface area contributed by atoms with Gasteiger partial charge in [-0.25, -0.2) is 4.39 Å². The van der Waals surface area contributed by atoms with Gasteiger partial charge in [0, 0.05) is 53.5 Å². The van der Waals surface area contributed by atoms with Crippen molar-refractivity contribution in [2.75, 3.05) is 53.5 Å². The zero-order chi connectivity index (χ0) is 19.9. The molecule has 7 nitrogen and oxygen atoms in total. The van der Waals surface area contributed by atoms with E-state index in [-0.39, 0.29) is 47.9 Å². The van der Waals surface area contributed by atoms with Gasteiger partial charge in [-0.3, -0.25) is 9.79 Å². The van der Waals surface area contributed by atoms with Crippen molar-refractivity contribution < 1.29 is 18.7 Å². The molecule has 0 radical (unpaired) electrons. The fraction of sp³-hybridized carbons (Fsp3) is 0.600. The molecule has 0 spiro atoms. The highest BCUT2D eigenvalue weighted by Crippen LogP contribution is 2.17. The van der Waals surface area contributed by atoms with Crippen LogP contribution >= 0.6 is 24.0 Å². The van der Waals surface area contributed by atoms with Crippen LogP contribution in [0.25, 0.3) is 0 Å². The number of guanidine groups is 1. The van der Waals surface area contributed by atoms with E-state index in [0.717, 1.165) is 24.4 Å². The van der Waals surface area contributed by atoms with E-state index in [1.54, 1.807) is 26.3 Å². The number of ether oxygens (including phenoxy) is 2. The fourth-order valence-electron chi connectivity index (χ4n) is 3.65. The van der Waals surface area contributed by atoms with Crippen LogP contribution in [0.1, 0.15) is 24.5 Å². The first-order valence-corrected chi connectivity index (χ1v) is 9.76. The lowest BCUT2D eigenvalue weighted by molar-refractivity contribution is -0.142. The summed E-state index contributed by atoms with van der Waals surface area (Å²) in [5, 5.41) is 3.33. The minimum atomic E-state index is -0.266. The van der Waals surface area contributed by atoms with Crippen molar-refractivity contribution >= 4 is 35.8 Å². The summed E-state index contributed by atoms with van der Waals surface area (Å²) in [6.45, 7) is 3.94. The van der Waals surface area contributed by atoms with Crippen LogP contribution in [0.5, 0.6) is 0 Å². The lowest BCUT2D eigenvalue weighted by Crippen LogP contribution is -2.55. The molecule has 0 aromatic heterocycles. The van der Waals surface area contributed by atoms with Gasteiger partial charge in [0.15, 0.2) is 5.96 Å². The number of aliphatic imine (C=N–C) groups is 1. The first-order valence-electron chi connectivity index (χ1n) is 9.76. The van der Waals surface area contributed by atoms with Crippen LogP contribution in [0.15, 0.2) is 29.3 Å². The number of benzene rings is 1. The number of nitrogens with one attached hydrogen (secondary N) is 1. The number of carbonyl (C=O) groups is 1. The molecule has 162 valence electrons. The third-order valence-corrected chi connectivity index (χ3v) is 5.28. The standard InChI is InChI=1S/C20H29FN4O3.HI/c1-22-20(23-14-18(27-2)15-5-7-16(21)8-6-15)25-11-9-24(10-12-25)19(26)17-4-3-13-28-17;/h5-8,17-18H,3-4,9-14H2,1-2H3,(H,22,23);1H. The van der Waals surface area contributed by atoms with Crippen LogP contribution in [0.2, 0.25) is 0 Å². The molecule has 2 fully saturated rings. The van der Waals surface area contributed by atoms with E-state index in [4.69, 9.17) is 9.47 Å². The Bertz CT molecular complexity index is 675. The summed E-state index contributed by atoms with van der Waals surface area (Å²) >= 11 is 0. The number of methoxy groups -OCH3 is 1. The highest BCUT2D eigenvalue weighted by Gasteiger charge is 2.31. The lowest BCUT2D eigenvalue weighted by atomic mass is 10.1. The summed E-state index contributed by atoms with van der Waals surface area (Å²) in [5.41, 5.74) is 0.902. The van der Waals surface area contributed by atoms with Crippen molar-refractivity contribution in [2.24, 2.45) is 4.99 Å². The second-order valence-electron chi connectivity index (χ2n) is 7.02. The van der Waals surface area contributed by atoms with E-state index in [1.165, 1.54) is 12.1 Å². The SMILES string of the molecule is CN=C(NCC(OC)c1ccc(F)cc1)N1CCN(C(=O)C2CCCO2)CC1.I. The molecule has 2 aliphatic rings. The number of piperazine rings is 1. The van der Waals surface area contributed by atoms with Gasteiger partial charge in [-0.05, 0) is 30.5 Å². The van der Waals surface area contributed by atoms with E-state index in [2.05, 4.69) is 15.2 Å². The number of nitrogens with zero attached hydrogens (tertiary/aromatic N) is 3. The number of hydrogen-bond donors (Lipinski definition) is 1. The summed E-state index contributed by atoms with van der Waals surface area (Å²) < 4.78 is 24.2. The monoisotopic (exact) mass is 520 g/mol. The van der Waals surface area contributed by atoms with Crippen LogP contribution in [-0.2, 0) is 14.3 Å². The smallest absolute Gasteiger partial charge is 0.251 e. The van der Waals surface area contributed by atoms with Gasteiger partial charge < -0.3 is 24.6 Å². The normalized spacial score (nSPS) is 20.9. The van der Waals surface area contributed by atoms with E-state index < -0.39 is 0 Å². The van der Waals surface area contributed by atoms with Crippen LogP contribution < -0.4 is 5.32 Å². The number of carbonyl (C=O) groups excluding carboxylic acids is 1. The Morgan fingerprint density at radius 2 is 1.93 bits per heavy atom. The minimum Gasteiger partial charge on any atom is -0.375 e. The van der Waals surface area contributed by atoms with Gasteiger partial charge in [0.2, 0.25) is 0 Å². The Labute approximate surface area is 188 Å². The van der Waals surface area contributed by atoms with Gasteiger partial charge in [0.05, 0.1) is 6.10 Å². The maximum atomic E-state index is 13.1. The molecule has 2 atom stereocenters. The molecular weight excluding hydrogens is 490 g/mol. The van der Waals surface area contributed by atoms with Crippen LogP contribution in [0.4, 0.5) is 4.39 Å². The summed E-state index contributed by atoms with van der Waals surface area (Å²) in [6, 6.07) is 6.31. The van der Waals surface area contributed by atoms with Crippen LogP contribution in [0, 0.1) is 5.82 Å². The Hall–Kier alpha value is -1.46. The molecule has 0 saturated carbocycles. The van der Waals surface area contributed by atoms with Gasteiger partial charge in [0.1, 0.15) is 11.9 Å². The molecule has 1 aromatic rings. The zero-order valence-corrected chi connectivity index (χ0v) is 19.3. The number of hydrogen-bond acceptors (Lipinski definition) is 4. The van der Waals surface area contributed by atoms with E-state index in [0.29, 0.717) is 39.3 Å². The second kappa shape index (κ2) is 11.7. The second-order valence-corrected chi connectivity index (χ2v) is 7.02.